The van der Waals surface area contributed by atoms with Crippen LogP contribution in [-0.4, -0.2) is 46.4 Å². The van der Waals surface area contributed by atoms with Crippen molar-refractivity contribution in [1.82, 2.24) is 5.32 Å². The number of anilines is 1. The van der Waals surface area contributed by atoms with Gasteiger partial charge in [0.15, 0.2) is 5.96 Å². The molecule has 0 radical (unpaired) electrons. The highest BCUT2D eigenvalue weighted by molar-refractivity contribution is 7.89. The highest BCUT2D eigenvalue weighted by Crippen LogP contribution is 2.20. The zero-order chi connectivity index (χ0) is 22.9. The molecule has 0 atom stereocenters. The molecule has 0 spiro atoms. The smallest absolute Gasteiger partial charge is 0.210 e. The number of ether oxygens (including phenoxy) is 2. The van der Waals surface area contributed by atoms with Crippen molar-refractivity contribution < 1.29 is 17.9 Å². The number of hydrogen-bond donors (Lipinski definition) is 3. The van der Waals surface area contributed by atoms with Crippen LogP contribution in [0, 0.1) is 6.92 Å². The SMILES string of the molecule is COc1ccc(C)cc1CCNC(=NCCS(N)(=O)=O)Nc1ccc(OC(C)C)cc1. The number of methoxy groups -OCH3 is 1. The van der Waals surface area contributed by atoms with Gasteiger partial charge < -0.3 is 20.1 Å². The number of hydrogen-bond acceptors (Lipinski definition) is 5. The Kier molecular flexibility index (Phi) is 9.14. The lowest BCUT2D eigenvalue weighted by Crippen LogP contribution is -2.33. The van der Waals surface area contributed by atoms with Gasteiger partial charge in [-0.1, -0.05) is 17.7 Å². The molecule has 0 saturated heterocycles. The lowest BCUT2D eigenvalue weighted by atomic mass is 10.1. The van der Waals surface area contributed by atoms with Crippen molar-refractivity contribution in [3.63, 3.8) is 0 Å². The van der Waals surface area contributed by atoms with Crippen molar-refractivity contribution in [2.24, 2.45) is 10.1 Å². The third-order valence-corrected chi connectivity index (χ3v) is 5.01. The second kappa shape index (κ2) is 11.6. The fraction of sp³-hybridized carbons (Fsp3) is 0.409. The fourth-order valence-corrected chi connectivity index (χ4v) is 3.21. The van der Waals surface area contributed by atoms with E-state index in [-0.39, 0.29) is 18.4 Å². The summed E-state index contributed by atoms with van der Waals surface area (Å²) in [6.07, 6.45) is 0.802. The molecule has 0 saturated carbocycles. The van der Waals surface area contributed by atoms with E-state index in [1.807, 2.05) is 57.2 Å². The Morgan fingerprint density at radius 3 is 2.48 bits per heavy atom. The Labute approximate surface area is 184 Å². The first-order valence-electron chi connectivity index (χ1n) is 10.1. The zero-order valence-electron chi connectivity index (χ0n) is 18.5. The highest BCUT2D eigenvalue weighted by Gasteiger charge is 2.07. The molecular weight excluding hydrogens is 416 g/mol. The Morgan fingerprint density at radius 2 is 1.87 bits per heavy atom. The summed E-state index contributed by atoms with van der Waals surface area (Å²) in [6, 6.07) is 13.5. The molecule has 0 aliphatic carbocycles. The van der Waals surface area contributed by atoms with Crippen LogP contribution >= 0.6 is 0 Å². The van der Waals surface area contributed by atoms with Gasteiger partial charge in [0, 0.05) is 12.2 Å². The Hall–Kier alpha value is -2.78. The second-order valence-electron chi connectivity index (χ2n) is 7.41. The molecule has 0 fully saturated rings. The van der Waals surface area contributed by atoms with E-state index in [4.69, 9.17) is 14.6 Å². The number of sulfonamides is 1. The molecule has 0 aromatic heterocycles. The molecule has 2 rings (SSSR count). The molecule has 0 amide bonds. The number of nitrogens with zero attached hydrogens (tertiary/aromatic N) is 1. The van der Waals surface area contributed by atoms with E-state index in [9.17, 15) is 8.42 Å². The minimum absolute atomic E-state index is 0.0521. The van der Waals surface area contributed by atoms with Gasteiger partial charge in [-0.2, -0.15) is 0 Å². The number of primary sulfonamides is 1. The Balaban J connectivity index is 2.06. The minimum Gasteiger partial charge on any atom is -0.496 e. The predicted octanol–water partition coefficient (Wildman–Crippen LogP) is 2.68. The maximum absolute atomic E-state index is 11.2. The fourth-order valence-electron chi connectivity index (χ4n) is 2.87. The first kappa shape index (κ1) is 24.5. The van der Waals surface area contributed by atoms with E-state index < -0.39 is 10.0 Å². The van der Waals surface area contributed by atoms with Crippen molar-refractivity contribution in [3.05, 3.63) is 53.6 Å². The monoisotopic (exact) mass is 448 g/mol. The summed E-state index contributed by atoms with van der Waals surface area (Å²) in [7, 11) is -1.93. The molecule has 4 N–H and O–H groups in total. The van der Waals surface area contributed by atoms with Gasteiger partial charge in [0.05, 0.1) is 25.5 Å². The van der Waals surface area contributed by atoms with Gasteiger partial charge in [-0.15, -0.1) is 0 Å². The Bertz CT molecular complexity index is 974. The molecule has 0 heterocycles. The molecule has 0 bridgehead atoms. The van der Waals surface area contributed by atoms with Crippen LogP contribution in [0.1, 0.15) is 25.0 Å². The van der Waals surface area contributed by atoms with Crippen LogP contribution in [0.3, 0.4) is 0 Å². The van der Waals surface area contributed by atoms with Gasteiger partial charge in [-0.3, -0.25) is 4.99 Å². The Morgan fingerprint density at radius 1 is 1.16 bits per heavy atom. The van der Waals surface area contributed by atoms with E-state index in [1.165, 1.54) is 0 Å². The van der Waals surface area contributed by atoms with Gasteiger partial charge in [-0.25, -0.2) is 13.6 Å². The molecule has 2 aromatic carbocycles. The second-order valence-corrected chi connectivity index (χ2v) is 9.14. The summed E-state index contributed by atoms with van der Waals surface area (Å²) in [6.45, 7) is 6.60. The normalized spacial score (nSPS) is 12.0. The lowest BCUT2D eigenvalue weighted by molar-refractivity contribution is 0.242. The molecule has 170 valence electrons. The number of guanidine groups is 1. The number of aliphatic imine (C=N–C) groups is 1. The standard InChI is InChI=1S/C22H32N4O4S/c1-16(2)30-20-8-6-19(7-9-20)26-22(25-13-14-31(23,27)28)24-12-11-18-15-17(3)5-10-21(18)29-4/h5-10,15-16H,11-14H2,1-4H3,(H2,23,27,28)(H2,24,25,26). The number of nitrogens with two attached hydrogens (primary N) is 1. The van der Waals surface area contributed by atoms with E-state index in [1.54, 1.807) is 7.11 Å². The molecule has 2 aromatic rings. The molecule has 0 aliphatic rings. The van der Waals surface area contributed by atoms with Crippen LogP contribution in [0.2, 0.25) is 0 Å². The number of aryl methyl sites for hydroxylation is 1. The summed E-state index contributed by atoms with van der Waals surface area (Å²) in [5.41, 5.74) is 3.03. The van der Waals surface area contributed by atoms with Gasteiger partial charge in [0.25, 0.3) is 0 Å². The van der Waals surface area contributed by atoms with E-state index >= 15 is 0 Å². The third-order valence-electron chi connectivity index (χ3n) is 4.26. The summed E-state index contributed by atoms with van der Waals surface area (Å²) < 4.78 is 33.6. The van der Waals surface area contributed by atoms with E-state index in [0.29, 0.717) is 18.9 Å². The van der Waals surface area contributed by atoms with Crippen LogP contribution in [0.15, 0.2) is 47.5 Å². The van der Waals surface area contributed by atoms with E-state index in [2.05, 4.69) is 21.7 Å². The quantitative estimate of drug-likeness (QED) is 0.380. The summed E-state index contributed by atoms with van der Waals surface area (Å²) in [5, 5.41) is 11.5. The lowest BCUT2D eigenvalue weighted by Gasteiger charge is -2.15. The van der Waals surface area contributed by atoms with Crippen molar-refractivity contribution in [2.75, 3.05) is 31.3 Å². The third kappa shape index (κ3) is 9.27. The molecule has 31 heavy (non-hydrogen) atoms. The van der Waals surface area contributed by atoms with Gasteiger partial charge in [-0.05, 0) is 63.1 Å². The average Bonchev–Trinajstić information content (AvgIpc) is 2.68. The van der Waals surface area contributed by atoms with Crippen LogP contribution < -0.4 is 25.2 Å². The van der Waals surface area contributed by atoms with Crippen molar-refractivity contribution in [2.45, 2.75) is 33.3 Å². The van der Waals surface area contributed by atoms with Gasteiger partial charge in [0.1, 0.15) is 11.5 Å². The predicted molar refractivity (Wildman–Crippen MR) is 126 cm³/mol. The zero-order valence-corrected chi connectivity index (χ0v) is 19.3. The largest absolute Gasteiger partial charge is 0.496 e. The van der Waals surface area contributed by atoms with Crippen LogP contribution in [0.25, 0.3) is 0 Å². The summed E-state index contributed by atoms with van der Waals surface area (Å²) in [5.74, 6) is 1.83. The molecular formula is C22H32N4O4S. The minimum atomic E-state index is -3.58. The van der Waals surface area contributed by atoms with Gasteiger partial charge >= 0.3 is 0 Å². The number of benzene rings is 2. The summed E-state index contributed by atoms with van der Waals surface area (Å²) >= 11 is 0. The van der Waals surface area contributed by atoms with Crippen molar-refractivity contribution >= 4 is 21.7 Å². The first-order valence-corrected chi connectivity index (χ1v) is 11.8. The van der Waals surface area contributed by atoms with Crippen molar-refractivity contribution in [3.8, 4) is 11.5 Å². The average molecular weight is 449 g/mol. The molecule has 8 nitrogen and oxygen atoms in total. The molecule has 0 aliphatic heterocycles. The topological polar surface area (TPSA) is 115 Å². The molecule has 9 heteroatoms. The van der Waals surface area contributed by atoms with E-state index in [0.717, 1.165) is 28.3 Å². The maximum Gasteiger partial charge on any atom is 0.210 e. The highest BCUT2D eigenvalue weighted by atomic mass is 32.2. The maximum atomic E-state index is 11.2. The van der Waals surface area contributed by atoms with Crippen LogP contribution in [0.5, 0.6) is 11.5 Å². The number of nitrogens with one attached hydrogen (secondary N) is 2. The number of rotatable bonds is 10. The molecule has 0 unspecified atom stereocenters. The van der Waals surface area contributed by atoms with Crippen LogP contribution in [-0.2, 0) is 16.4 Å². The van der Waals surface area contributed by atoms with Crippen LogP contribution in [0.4, 0.5) is 5.69 Å². The van der Waals surface area contributed by atoms with Crippen molar-refractivity contribution in [1.29, 1.82) is 0 Å². The summed E-state index contributed by atoms with van der Waals surface area (Å²) in [4.78, 5) is 4.34. The first-order chi connectivity index (χ1) is 14.7. The van der Waals surface area contributed by atoms with Gasteiger partial charge in [0.2, 0.25) is 10.0 Å².